The van der Waals surface area contributed by atoms with E-state index in [0.29, 0.717) is 10.8 Å². The SMILES string of the molecule is O=C(O)c1cc(Nc2nc3ccccc3s2)ccc1Cl. The lowest BCUT2D eigenvalue weighted by molar-refractivity contribution is 0.0697. The van der Waals surface area contributed by atoms with Crippen molar-refractivity contribution in [2.24, 2.45) is 0 Å². The molecule has 0 radical (unpaired) electrons. The molecule has 20 heavy (non-hydrogen) atoms. The van der Waals surface area contributed by atoms with Gasteiger partial charge in [0, 0.05) is 5.69 Å². The van der Waals surface area contributed by atoms with Crippen molar-refractivity contribution in [1.82, 2.24) is 4.98 Å². The molecule has 0 spiro atoms. The van der Waals surface area contributed by atoms with Gasteiger partial charge in [-0.3, -0.25) is 0 Å². The average Bonchev–Trinajstić information content (AvgIpc) is 2.82. The first-order valence-electron chi connectivity index (χ1n) is 5.79. The second-order valence-corrected chi connectivity index (χ2v) is 5.55. The van der Waals surface area contributed by atoms with Gasteiger partial charge >= 0.3 is 5.97 Å². The topological polar surface area (TPSA) is 62.2 Å². The molecule has 0 aliphatic heterocycles. The van der Waals surface area contributed by atoms with Crippen LogP contribution in [-0.2, 0) is 0 Å². The Morgan fingerprint density at radius 3 is 2.80 bits per heavy atom. The second kappa shape index (κ2) is 5.11. The number of hydrogen-bond donors (Lipinski definition) is 2. The number of aromatic carboxylic acids is 1. The third-order valence-corrected chi connectivity index (χ3v) is 4.02. The predicted octanol–water partition coefficient (Wildman–Crippen LogP) is 4.39. The summed E-state index contributed by atoms with van der Waals surface area (Å²) in [6.07, 6.45) is 0. The van der Waals surface area contributed by atoms with Gasteiger partial charge < -0.3 is 10.4 Å². The molecule has 0 aliphatic carbocycles. The standard InChI is InChI=1S/C14H9ClN2O2S/c15-10-6-5-8(7-9(10)13(18)19)16-14-17-11-3-1-2-4-12(11)20-14/h1-7H,(H,16,17)(H,18,19). The minimum atomic E-state index is -1.05. The highest BCUT2D eigenvalue weighted by molar-refractivity contribution is 7.22. The summed E-state index contributed by atoms with van der Waals surface area (Å²) in [5, 5.41) is 13.1. The van der Waals surface area contributed by atoms with Gasteiger partial charge in [0.05, 0.1) is 20.8 Å². The van der Waals surface area contributed by atoms with E-state index < -0.39 is 5.97 Å². The van der Waals surface area contributed by atoms with Gasteiger partial charge in [-0.05, 0) is 30.3 Å². The van der Waals surface area contributed by atoms with E-state index in [1.807, 2.05) is 24.3 Å². The number of nitrogens with zero attached hydrogens (tertiary/aromatic N) is 1. The van der Waals surface area contributed by atoms with E-state index in [1.165, 1.54) is 17.4 Å². The van der Waals surface area contributed by atoms with Gasteiger partial charge in [-0.25, -0.2) is 9.78 Å². The second-order valence-electron chi connectivity index (χ2n) is 4.11. The van der Waals surface area contributed by atoms with Gasteiger partial charge in [0.15, 0.2) is 5.13 Å². The molecule has 6 heteroatoms. The summed E-state index contributed by atoms with van der Waals surface area (Å²) < 4.78 is 1.07. The van der Waals surface area contributed by atoms with Crippen LogP contribution >= 0.6 is 22.9 Å². The molecule has 1 aromatic heterocycles. The van der Waals surface area contributed by atoms with Crippen molar-refractivity contribution >= 4 is 49.9 Å². The molecule has 2 aromatic carbocycles. The molecule has 2 N–H and O–H groups in total. The predicted molar refractivity (Wildman–Crippen MR) is 81.3 cm³/mol. The van der Waals surface area contributed by atoms with E-state index in [9.17, 15) is 4.79 Å². The number of nitrogens with one attached hydrogen (secondary N) is 1. The van der Waals surface area contributed by atoms with E-state index >= 15 is 0 Å². The summed E-state index contributed by atoms with van der Waals surface area (Å²) in [7, 11) is 0. The molecule has 4 nitrogen and oxygen atoms in total. The normalized spacial score (nSPS) is 10.7. The van der Waals surface area contributed by atoms with Crippen molar-refractivity contribution in [2.75, 3.05) is 5.32 Å². The van der Waals surface area contributed by atoms with Gasteiger partial charge in [0.25, 0.3) is 0 Å². The zero-order valence-corrected chi connectivity index (χ0v) is 11.7. The highest BCUT2D eigenvalue weighted by atomic mass is 35.5. The first-order chi connectivity index (χ1) is 9.63. The number of benzene rings is 2. The zero-order valence-electron chi connectivity index (χ0n) is 10.1. The molecule has 1 heterocycles. The average molecular weight is 305 g/mol. The van der Waals surface area contributed by atoms with E-state index in [0.717, 1.165) is 10.2 Å². The summed E-state index contributed by atoms with van der Waals surface area (Å²) in [6.45, 7) is 0. The number of halogens is 1. The monoisotopic (exact) mass is 304 g/mol. The first kappa shape index (κ1) is 12.9. The molecule has 0 atom stereocenters. The van der Waals surface area contributed by atoms with Crippen LogP contribution in [0.25, 0.3) is 10.2 Å². The summed E-state index contributed by atoms with van der Waals surface area (Å²) in [5.74, 6) is -1.05. The van der Waals surface area contributed by atoms with Crippen LogP contribution < -0.4 is 5.32 Å². The molecular weight excluding hydrogens is 296 g/mol. The number of carbonyl (C=O) groups is 1. The van der Waals surface area contributed by atoms with Crippen LogP contribution in [0, 0.1) is 0 Å². The number of anilines is 2. The molecule has 0 saturated carbocycles. The number of hydrogen-bond acceptors (Lipinski definition) is 4. The van der Waals surface area contributed by atoms with Crippen LogP contribution in [0.5, 0.6) is 0 Å². The quantitative estimate of drug-likeness (QED) is 0.753. The van der Waals surface area contributed by atoms with Gasteiger partial charge in [-0.2, -0.15) is 0 Å². The summed E-state index contributed by atoms with van der Waals surface area (Å²) in [5.41, 5.74) is 1.62. The Morgan fingerprint density at radius 1 is 1.25 bits per heavy atom. The Bertz CT molecular complexity index is 768. The van der Waals surface area contributed by atoms with Gasteiger partial charge in [0.1, 0.15) is 0 Å². The highest BCUT2D eigenvalue weighted by Crippen LogP contribution is 2.29. The molecule has 3 aromatic rings. The minimum Gasteiger partial charge on any atom is -0.478 e. The minimum absolute atomic E-state index is 0.0674. The maximum absolute atomic E-state index is 11.0. The van der Waals surface area contributed by atoms with Crippen molar-refractivity contribution in [1.29, 1.82) is 0 Å². The van der Waals surface area contributed by atoms with E-state index in [-0.39, 0.29) is 10.6 Å². The lowest BCUT2D eigenvalue weighted by atomic mass is 10.2. The van der Waals surface area contributed by atoms with Crippen molar-refractivity contribution < 1.29 is 9.90 Å². The van der Waals surface area contributed by atoms with Gasteiger partial charge in [0.2, 0.25) is 0 Å². The largest absolute Gasteiger partial charge is 0.478 e. The van der Waals surface area contributed by atoms with E-state index in [2.05, 4.69) is 10.3 Å². The number of rotatable bonds is 3. The Morgan fingerprint density at radius 2 is 2.05 bits per heavy atom. The molecular formula is C14H9ClN2O2S. The summed E-state index contributed by atoms with van der Waals surface area (Å²) in [6, 6.07) is 12.6. The third kappa shape index (κ3) is 2.45. The van der Waals surface area contributed by atoms with E-state index in [4.69, 9.17) is 16.7 Å². The Labute approximate surface area is 123 Å². The maximum Gasteiger partial charge on any atom is 0.337 e. The third-order valence-electron chi connectivity index (χ3n) is 2.74. The fraction of sp³-hybridized carbons (Fsp3) is 0. The number of carboxylic acid groups (broad SMARTS) is 1. The van der Waals surface area contributed by atoms with Crippen molar-refractivity contribution in [3.63, 3.8) is 0 Å². The molecule has 0 saturated heterocycles. The molecule has 0 aliphatic rings. The van der Waals surface area contributed by atoms with Crippen LogP contribution in [-0.4, -0.2) is 16.1 Å². The van der Waals surface area contributed by atoms with E-state index in [1.54, 1.807) is 12.1 Å². The van der Waals surface area contributed by atoms with Crippen molar-refractivity contribution in [3.8, 4) is 0 Å². The maximum atomic E-state index is 11.0. The lowest BCUT2D eigenvalue weighted by Gasteiger charge is -2.05. The molecule has 100 valence electrons. The lowest BCUT2D eigenvalue weighted by Crippen LogP contribution is -1.99. The van der Waals surface area contributed by atoms with Crippen LogP contribution in [0.1, 0.15) is 10.4 Å². The number of aromatic nitrogens is 1. The zero-order chi connectivity index (χ0) is 14.1. The van der Waals surface area contributed by atoms with Crippen LogP contribution in [0.15, 0.2) is 42.5 Å². The molecule has 0 bridgehead atoms. The molecule has 0 amide bonds. The van der Waals surface area contributed by atoms with Gasteiger partial charge in [-0.15, -0.1) is 0 Å². The number of thiazole rings is 1. The summed E-state index contributed by atoms with van der Waals surface area (Å²) in [4.78, 5) is 15.5. The van der Waals surface area contributed by atoms with Crippen LogP contribution in [0.4, 0.5) is 10.8 Å². The Hall–Kier alpha value is -2.11. The van der Waals surface area contributed by atoms with Crippen molar-refractivity contribution in [3.05, 3.63) is 53.1 Å². The number of carboxylic acids is 1. The Balaban J connectivity index is 1.94. The Kier molecular flexibility index (Phi) is 3.30. The molecule has 0 unspecified atom stereocenters. The summed E-state index contributed by atoms with van der Waals surface area (Å²) >= 11 is 7.34. The van der Waals surface area contributed by atoms with Crippen LogP contribution in [0.2, 0.25) is 5.02 Å². The molecule has 3 rings (SSSR count). The van der Waals surface area contributed by atoms with Gasteiger partial charge in [-0.1, -0.05) is 35.1 Å². The smallest absolute Gasteiger partial charge is 0.337 e. The fourth-order valence-electron chi connectivity index (χ4n) is 1.82. The highest BCUT2D eigenvalue weighted by Gasteiger charge is 2.10. The first-order valence-corrected chi connectivity index (χ1v) is 6.98. The van der Waals surface area contributed by atoms with Crippen LogP contribution in [0.3, 0.4) is 0 Å². The fourth-order valence-corrected chi connectivity index (χ4v) is 2.90. The number of fused-ring (bicyclic) bond motifs is 1. The number of para-hydroxylation sites is 1. The molecule has 0 fully saturated rings. The van der Waals surface area contributed by atoms with Crippen molar-refractivity contribution in [2.45, 2.75) is 0 Å².